The summed E-state index contributed by atoms with van der Waals surface area (Å²) in [7, 11) is 0. The molecule has 1 unspecified atom stereocenters. The zero-order valence-electron chi connectivity index (χ0n) is 8.92. The zero-order valence-corrected chi connectivity index (χ0v) is 11.3. The lowest BCUT2D eigenvalue weighted by Gasteiger charge is -2.05. The van der Waals surface area contributed by atoms with Crippen molar-refractivity contribution in [1.82, 2.24) is 9.97 Å². The highest BCUT2D eigenvalue weighted by Crippen LogP contribution is 2.28. The average molecular weight is 313 g/mol. The minimum Gasteiger partial charge on any atom is -0.481 e. The van der Waals surface area contributed by atoms with Crippen molar-refractivity contribution in [2.45, 2.75) is 12.8 Å². The first-order valence-corrected chi connectivity index (χ1v) is 6.55. The fraction of sp³-hybridized carbons (Fsp3) is 0.182. The molecule has 0 bridgehead atoms. The standard InChI is InChI=1S/C11H9BrN2O2S/c1-6(11(15)16)10-13-3-2-8(14-10)9-4-7(12)5-17-9/h2-6H,1H3,(H,15,16). The van der Waals surface area contributed by atoms with Crippen molar-refractivity contribution in [2.75, 3.05) is 0 Å². The van der Waals surface area contributed by atoms with Gasteiger partial charge in [0.1, 0.15) is 11.7 Å². The number of carboxylic acids is 1. The van der Waals surface area contributed by atoms with Crippen LogP contribution >= 0.6 is 27.3 Å². The van der Waals surface area contributed by atoms with Gasteiger partial charge >= 0.3 is 5.97 Å². The van der Waals surface area contributed by atoms with Crippen LogP contribution in [-0.4, -0.2) is 21.0 Å². The second-order valence-electron chi connectivity index (χ2n) is 3.49. The fourth-order valence-corrected chi connectivity index (χ4v) is 2.68. The third-order valence-electron chi connectivity index (χ3n) is 2.25. The van der Waals surface area contributed by atoms with E-state index in [0.717, 1.165) is 15.0 Å². The predicted molar refractivity (Wildman–Crippen MR) is 69.1 cm³/mol. The molecule has 0 radical (unpaired) electrons. The van der Waals surface area contributed by atoms with Crippen molar-refractivity contribution in [3.8, 4) is 10.6 Å². The molecule has 6 heteroatoms. The van der Waals surface area contributed by atoms with Gasteiger partial charge in [0.05, 0.1) is 10.6 Å². The number of thiophene rings is 1. The lowest BCUT2D eigenvalue weighted by molar-refractivity contribution is -0.138. The molecular weight excluding hydrogens is 304 g/mol. The van der Waals surface area contributed by atoms with E-state index in [1.54, 1.807) is 30.5 Å². The number of hydrogen-bond donors (Lipinski definition) is 1. The molecule has 0 saturated heterocycles. The molecule has 2 aromatic rings. The number of aliphatic carboxylic acids is 1. The minimum atomic E-state index is -0.922. The number of carbonyl (C=O) groups is 1. The number of nitrogens with zero attached hydrogens (tertiary/aromatic N) is 2. The summed E-state index contributed by atoms with van der Waals surface area (Å²) < 4.78 is 0.990. The maximum atomic E-state index is 10.9. The van der Waals surface area contributed by atoms with Gasteiger partial charge in [-0.15, -0.1) is 11.3 Å². The normalized spacial score (nSPS) is 12.4. The third kappa shape index (κ3) is 2.70. The van der Waals surface area contributed by atoms with Crippen LogP contribution in [0.15, 0.2) is 28.2 Å². The summed E-state index contributed by atoms with van der Waals surface area (Å²) in [6.07, 6.45) is 1.59. The van der Waals surface area contributed by atoms with Crippen LogP contribution < -0.4 is 0 Å². The first kappa shape index (κ1) is 12.2. The van der Waals surface area contributed by atoms with Crippen LogP contribution in [0.5, 0.6) is 0 Å². The van der Waals surface area contributed by atoms with Crippen molar-refractivity contribution < 1.29 is 9.90 Å². The van der Waals surface area contributed by atoms with Gasteiger partial charge in [0.15, 0.2) is 0 Å². The largest absolute Gasteiger partial charge is 0.481 e. The molecular formula is C11H9BrN2O2S. The third-order valence-corrected chi connectivity index (χ3v) is 3.97. The van der Waals surface area contributed by atoms with Gasteiger partial charge in [0, 0.05) is 16.0 Å². The van der Waals surface area contributed by atoms with Crippen LogP contribution in [0.25, 0.3) is 10.6 Å². The molecule has 1 N–H and O–H groups in total. The van der Waals surface area contributed by atoms with Gasteiger partial charge in [-0.3, -0.25) is 4.79 Å². The highest BCUT2D eigenvalue weighted by Gasteiger charge is 2.17. The summed E-state index contributed by atoms with van der Waals surface area (Å²) in [5.74, 6) is -1.28. The zero-order chi connectivity index (χ0) is 12.4. The second kappa shape index (κ2) is 4.93. The maximum absolute atomic E-state index is 10.9. The summed E-state index contributed by atoms with van der Waals surface area (Å²) >= 11 is 4.92. The predicted octanol–water partition coefficient (Wildman–Crippen LogP) is 3.16. The van der Waals surface area contributed by atoms with Crippen LogP contribution in [0, 0.1) is 0 Å². The monoisotopic (exact) mass is 312 g/mol. The van der Waals surface area contributed by atoms with Gasteiger partial charge in [0.2, 0.25) is 0 Å². The van der Waals surface area contributed by atoms with Gasteiger partial charge in [-0.1, -0.05) is 0 Å². The van der Waals surface area contributed by atoms with Crippen molar-refractivity contribution in [3.63, 3.8) is 0 Å². The summed E-state index contributed by atoms with van der Waals surface area (Å²) in [5, 5.41) is 10.9. The molecule has 0 aliphatic rings. The molecule has 0 aromatic carbocycles. The molecule has 0 fully saturated rings. The van der Waals surface area contributed by atoms with Gasteiger partial charge in [-0.25, -0.2) is 9.97 Å². The molecule has 0 aliphatic heterocycles. The average Bonchev–Trinajstić information content (AvgIpc) is 2.75. The number of aromatic nitrogens is 2. The number of halogens is 1. The summed E-state index contributed by atoms with van der Waals surface area (Å²) in [4.78, 5) is 20.1. The Balaban J connectivity index is 2.38. The van der Waals surface area contributed by atoms with E-state index in [4.69, 9.17) is 5.11 Å². The Labute approximate surface area is 110 Å². The van der Waals surface area contributed by atoms with E-state index in [9.17, 15) is 4.79 Å². The van der Waals surface area contributed by atoms with Crippen molar-refractivity contribution in [1.29, 1.82) is 0 Å². The van der Waals surface area contributed by atoms with E-state index in [0.29, 0.717) is 5.82 Å². The molecule has 0 spiro atoms. The summed E-state index contributed by atoms with van der Waals surface area (Å²) in [6.45, 7) is 1.58. The van der Waals surface area contributed by atoms with Crippen LogP contribution in [0.2, 0.25) is 0 Å². The Morgan fingerprint density at radius 2 is 2.35 bits per heavy atom. The quantitative estimate of drug-likeness (QED) is 0.945. The van der Waals surface area contributed by atoms with Crippen LogP contribution in [0.3, 0.4) is 0 Å². The Morgan fingerprint density at radius 1 is 1.59 bits per heavy atom. The van der Waals surface area contributed by atoms with Gasteiger partial charge in [0.25, 0.3) is 0 Å². The molecule has 0 saturated carbocycles. The number of hydrogen-bond acceptors (Lipinski definition) is 4. The van der Waals surface area contributed by atoms with Crippen LogP contribution in [0.4, 0.5) is 0 Å². The summed E-state index contributed by atoms with van der Waals surface area (Å²) in [6, 6.07) is 3.72. The topological polar surface area (TPSA) is 63.1 Å². The molecule has 17 heavy (non-hydrogen) atoms. The van der Waals surface area contributed by atoms with Gasteiger partial charge in [-0.2, -0.15) is 0 Å². The van der Waals surface area contributed by atoms with Crippen LogP contribution in [0.1, 0.15) is 18.7 Å². The number of carboxylic acid groups (broad SMARTS) is 1. The molecule has 2 heterocycles. The highest BCUT2D eigenvalue weighted by atomic mass is 79.9. The Bertz CT molecular complexity index is 556. The van der Waals surface area contributed by atoms with E-state index in [2.05, 4.69) is 25.9 Å². The molecule has 88 valence electrons. The highest BCUT2D eigenvalue weighted by molar-refractivity contribution is 9.10. The van der Waals surface area contributed by atoms with Crippen molar-refractivity contribution in [3.05, 3.63) is 34.0 Å². The van der Waals surface area contributed by atoms with E-state index in [1.165, 1.54) is 0 Å². The molecule has 2 aromatic heterocycles. The van der Waals surface area contributed by atoms with E-state index in [1.807, 2.05) is 11.4 Å². The Hall–Kier alpha value is -1.27. The van der Waals surface area contributed by atoms with E-state index in [-0.39, 0.29) is 0 Å². The molecule has 1 atom stereocenters. The second-order valence-corrected chi connectivity index (χ2v) is 5.32. The molecule has 2 rings (SSSR count). The van der Waals surface area contributed by atoms with Gasteiger partial charge in [-0.05, 0) is 35.0 Å². The lowest BCUT2D eigenvalue weighted by Crippen LogP contribution is -2.11. The van der Waals surface area contributed by atoms with Crippen LogP contribution in [-0.2, 0) is 4.79 Å². The Kier molecular flexibility index (Phi) is 3.54. The van der Waals surface area contributed by atoms with E-state index < -0.39 is 11.9 Å². The fourth-order valence-electron chi connectivity index (χ4n) is 1.28. The maximum Gasteiger partial charge on any atom is 0.313 e. The first-order chi connectivity index (χ1) is 8.08. The summed E-state index contributed by atoms with van der Waals surface area (Å²) in [5.41, 5.74) is 0.749. The van der Waals surface area contributed by atoms with Gasteiger partial charge < -0.3 is 5.11 Å². The molecule has 0 amide bonds. The Morgan fingerprint density at radius 3 is 2.94 bits per heavy atom. The number of rotatable bonds is 3. The lowest BCUT2D eigenvalue weighted by atomic mass is 10.1. The minimum absolute atomic E-state index is 0.333. The SMILES string of the molecule is CC(C(=O)O)c1nccc(-c2cc(Br)cs2)n1. The smallest absolute Gasteiger partial charge is 0.313 e. The molecule has 4 nitrogen and oxygen atoms in total. The van der Waals surface area contributed by atoms with E-state index >= 15 is 0 Å². The first-order valence-electron chi connectivity index (χ1n) is 4.88. The van der Waals surface area contributed by atoms with Crippen molar-refractivity contribution in [2.24, 2.45) is 0 Å². The van der Waals surface area contributed by atoms with Crippen molar-refractivity contribution >= 4 is 33.2 Å². The molecule has 0 aliphatic carbocycles.